The van der Waals surface area contributed by atoms with E-state index in [2.05, 4.69) is 15.9 Å². The Balaban J connectivity index is 1.77. The zero-order valence-electron chi connectivity index (χ0n) is 14.5. The largest absolute Gasteiger partial charge is 0.452 e. The van der Waals surface area contributed by atoms with Crippen LogP contribution in [0.1, 0.15) is 21.7 Å². The summed E-state index contributed by atoms with van der Waals surface area (Å²) in [6.07, 6.45) is 0. The average molecular weight is 474 g/mol. The maximum atomic E-state index is 13.1. The van der Waals surface area contributed by atoms with Crippen molar-refractivity contribution in [2.45, 2.75) is 10.6 Å². The SMILES string of the molecule is O=C(c1ccc(Cl)cc1)c1oc2ccccc2c1CS(=O)c1ccc(Br)cc1. The third kappa shape index (κ3) is 3.83. The van der Waals surface area contributed by atoms with Crippen LogP contribution in [0.15, 0.2) is 86.6 Å². The summed E-state index contributed by atoms with van der Waals surface area (Å²) in [6, 6.07) is 21.4. The first-order valence-corrected chi connectivity index (χ1v) is 11.0. The van der Waals surface area contributed by atoms with E-state index in [1.165, 1.54) is 0 Å². The first kappa shape index (κ1) is 19.1. The lowest BCUT2D eigenvalue weighted by molar-refractivity contribution is 0.101. The summed E-state index contributed by atoms with van der Waals surface area (Å²) < 4.78 is 19.7. The Kier molecular flexibility index (Phi) is 5.49. The van der Waals surface area contributed by atoms with Gasteiger partial charge in [0.15, 0.2) is 5.76 Å². The van der Waals surface area contributed by atoms with Gasteiger partial charge in [-0.15, -0.1) is 0 Å². The van der Waals surface area contributed by atoms with E-state index in [9.17, 15) is 9.00 Å². The number of ketones is 1. The van der Waals surface area contributed by atoms with E-state index in [0.29, 0.717) is 26.6 Å². The van der Waals surface area contributed by atoms with Gasteiger partial charge in [0.25, 0.3) is 0 Å². The molecular formula is C22H14BrClO3S. The molecule has 1 heterocycles. The van der Waals surface area contributed by atoms with E-state index in [4.69, 9.17) is 16.0 Å². The summed E-state index contributed by atoms with van der Waals surface area (Å²) in [5.41, 5.74) is 1.72. The van der Waals surface area contributed by atoms with Crippen molar-refractivity contribution in [3.8, 4) is 0 Å². The first-order valence-electron chi connectivity index (χ1n) is 8.47. The molecule has 0 radical (unpaired) electrons. The number of fused-ring (bicyclic) bond motifs is 1. The fourth-order valence-electron chi connectivity index (χ4n) is 2.96. The number of furan rings is 1. The van der Waals surface area contributed by atoms with E-state index < -0.39 is 10.8 Å². The molecule has 3 aromatic carbocycles. The minimum Gasteiger partial charge on any atom is -0.452 e. The molecule has 1 unspecified atom stereocenters. The van der Waals surface area contributed by atoms with E-state index >= 15 is 0 Å². The molecule has 0 bridgehead atoms. The Morgan fingerprint density at radius 1 is 0.964 bits per heavy atom. The fraction of sp³-hybridized carbons (Fsp3) is 0.0455. The summed E-state index contributed by atoms with van der Waals surface area (Å²) in [4.78, 5) is 13.8. The van der Waals surface area contributed by atoms with Crippen LogP contribution in [0.4, 0.5) is 0 Å². The Bertz CT molecular complexity index is 1180. The number of hydrogen-bond donors (Lipinski definition) is 0. The van der Waals surface area contributed by atoms with Crippen LogP contribution in [-0.4, -0.2) is 9.99 Å². The zero-order chi connectivity index (χ0) is 19.7. The number of benzene rings is 3. The molecular weight excluding hydrogens is 460 g/mol. The van der Waals surface area contributed by atoms with E-state index in [0.717, 1.165) is 9.86 Å². The second-order valence-corrected chi connectivity index (χ2v) is 8.99. The summed E-state index contributed by atoms with van der Waals surface area (Å²) >= 11 is 9.31. The molecule has 3 nitrogen and oxygen atoms in total. The molecule has 28 heavy (non-hydrogen) atoms. The van der Waals surface area contributed by atoms with Gasteiger partial charge in [0, 0.05) is 30.9 Å². The lowest BCUT2D eigenvalue weighted by atomic mass is 10.0. The second kappa shape index (κ2) is 8.03. The first-order chi connectivity index (χ1) is 13.5. The molecule has 6 heteroatoms. The summed E-state index contributed by atoms with van der Waals surface area (Å²) in [5.74, 6) is 0.150. The van der Waals surface area contributed by atoms with Crippen LogP contribution >= 0.6 is 27.5 Å². The monoisotopic (exact) mass is 472 g/mol. The van der Waals surface area contributed by atoms with E-state index in [-0.39, 0.29) is 17.3 Å². The smallest absolute Gasteiger partial charge is 0.228 e. The fourth-order valence-corrected chi connectivity index (χ4v) is 4.50. The molecule has 0 saturated carbocycles. The quantitative estimate of drug-likeness (QED) is 0.316. The van der Waals surface area contributed by atoms with Gasteiger partial charge in [-0.1, -0.05) is 45.7 Å². The summed E-state index contributed by atoms with van der Waals surface area (Å²) in [7, 11) is -1.32. The second-order valence-electron chi connectivity index (χ2n) is 6.19. The van der Waals surface area contributed by atoms with Crippen LogP contribution in [0.5, 0.6) is 0 Å². The van der Waals surface area contributed by atoms with Gasteiger partial charge in [0.05, 0.1) is 16.6 Å². The molecule has 0 N–H and O–H groups in total. The Morgan fingerprint density at radius 3 is 2.36 bits per heavy atom. The molecule has 1 atom stereocenters. The van der Waals surface area contributed by atoms with Gasteiger partial charge in [-0.25, -0.2) is 0 Å². The highest BCUT2D eigenvalue weighted by Gasteiger charge is 2.23. The minimum atomic E-state index is -1.32. The van der Waals surface area contributed by atoms with Crippen LogP contribution in [0.25, 0.3) is 11.0 Å². The van der Waals surface area contributed by atoms with Gasteiger partial charge >= 0.3 is 0 Å². The van der Waals surface area contributed by atoms with Crippen LogP contribution in [0.3, 0.4) is 0 Å². The molecule has 140 valence electrons. The van der Waals surface area contributed by atoms with E-state index in [1.807, 2.05) is 42.5 Å². The van der Waals surface area contributed by atoms with Crippen molar-refractivity contribution in [2.75, 3.05) is 0 Å². The third-order valence-electron chi connectivity index (χ3n) is 4.36. The summed E-state index contributed by atoms with van der Waals surface area (Å²) in [5, 5.41) is 1.35. The minimum absolute atomic E-state index is 0.188. The van der Waals surface area contributed by atoms with Crippen molar-refractivity contribution in [3.63, 3.8) is 0 Å². The highest BCUT2D eigenvalue weighted by atomic mass is 79.9. The van der Waals surface area contributed by atoms with Gasteiger partial charge in [0.1, 0.15) is 5.58 Å². The van der Waals surface area contributed by atoms with Gasteiger partial charge in [-0.05, 0) is 54.6 Å². The van der Waals surface area contributed by atoms with Crippen LogP contribution in [0, 0.1) is 0 Å². The van der Waals surface area contributed by atoms with Crippen molar-refractivity contribution < 1.29 is 13.4 Å². The van der Waals surface area contributed by atoms with Crippen molar-refractivity contribution in [2.24, 2.45) is 0 Å². The average Bonchev–Trinajstić information content (AvgIpc) is 3.07. The maximum absolute atomic E-state index is 13.1. The topological polar surface area (TPSA) is 47.3 Å². The lowest BCUT2D eigenvalue weighted by Gasteiger charge is -2.05. The molecule has 0 aliphatic carbocycles. The standard InChI is InChI=1S/C22H14BrClO3S/c23-15-7-11-17(12-8-15)28(26)13-19-18-3-1-2-4-20(18)27-22(19)21(25)14-5-9-16(24)10-6-14/h1-12H,13H2. The Labute approximate surface area is 177 Å². The third-order valence-corrected chi connectivity index (χ3v) is 6.49. The van der Waals surface area contributed by atoms with Crippen molar-refractivity contribution in [1.82, 2.24) is 0 Å². The number of rotatable bonds is 5. The predicted molar refractivity (Wildman–Crippen MR) is 115 cm³/mol. The number of carbonyl (C=O) groups is 1. The van der Waals surface area contributed by atoms with Crippen LogP contribution < -0.4 is 0 Å². The molecule has 4 aromatic rings. The van der Waals surface area contributed by atoms with E-state index in [1.54, 1.807) is 30.3 Å². The molecule has 0 aliphatic heterocycles. The number of para-hydroxylation sites is 1. The van der Waals surface area contributed by atoms with Gasteiger partial charge < -0.3 is 4.42 Å². The highest BCUT2D eigenvalue weighted by Crippen LogP contribution is 2.30. The summed E-state index contributed by atoms with van der Waals surface area (Å²) in [6.45, 7) is 0. The van der Waals surface area contributed by atoms with Crippen LogP contribution in [-0.2, 0) is 16.6 Å². The van der Waals surface area contributed by atoms with Crippen molar-refractivity contribution >= 4 is 55.1 Å². The Morgan fingerprint density at radius 2 is 1.64 bits per heavy atom. The highest BCUT2D eigenvalue weighted by molar-refractivity contribution is 9.10. The Hall–Kier alpha value is -2.21. The molecule has 0 spiro atoms. The van der Waals surface area contributed by atoms with Gasteiger partial charge in [0.2, 0.25) is 5.78 Å². The lowest BCUT2D eigenvalue weighted by Crippen LogP contribution is -2.05. The zero-order valence-corrected chi connectivity index (χ0v) is 17.7. The molecule has 4 rings (SSSR count). The number of halogens is 2. The van der Waals surface area contributed by atoms with Crippen LogP contribution in [0.2, 0.25) is 5.02 Å². The van der Waals surface area contributed by atoms with Gasteiger partial charge in [-0.2, -0.15) is 0 Å². The molecule has 0 amide bonds. The molecule has 0 saturated heterocycles. The van der Waals surface area contributed by atoms with Gasteiger partial charge in [-0.3, -0.25) is 9.00 Å². The van der Waals surface area contributed by atoms with Crippen molar-refractivity contribution in [3.05, 3.63) is 99.2 Å². The number of carbonyl (C=O) groups excluding carboxylic acids is 1. The molecule has 0 fully saturated rings. The maximum Gasteiger partial charge on any atom is 0.228 e. The van der Waals surface area contributed by atoms with Crippen molar-refractivity contribution in [1.29, 1.82) is 0 Å². The predicted octanol–water partition coefficient (Wildman–Crippen LogP) is 6.39. The number of hydrogen-bond acceptors (Lipinski definition) is 3. The normalized spacial score (nSPS) is 12.2. The molecule has 1 aromatic heterocycles. The molecule has 0 aliphatic rings.